The summed E-state index contributed by atoms with van der Waals surface area (Å²) in [6.45, 7) is 0.883. The van der Waals surface area contributed by atoms with Crippen LogP contribution in [0.4, 0.5) is 4.79 Å². The van der Waals surface area contributed by atoms with Crippen LogP contribution < -0.4 is 10.1 Å². The van der Waals surface area contributed by atoms with Crippen LogP contribution in [0.3, 0.4) is 0 Å². The molecule has 0 spiro atoms. The molecule has 2 atom stereocenters. The standard InChI is InChI=1S/C24H26N2O4/c27-18-9-7-16(8-10-18)20-5-3-13-25-22(20)6-2-1-4-17-15-26-23-12-11-19(14-21(17)23)30-24(28)29/h3,5,7-12,14-15,20,22,25-27H,1-2,4,6,13H2,(H,28,29). The molecule has 0 saturated carbocycles. The van der Waals surface area contributed by atoms with Crippen LogP contribution in [0, 0.1) is 0 Å². The van der Waals surface area contributed by atoms with Gasteiger partial charge in [0.2, 0.25) is 0 Å². The number of carboxylic acid groups (broad SMARTS) is 1. The average Bonchev–Trinajstić information content (AvgIpc) is 3.14. The van der Waals surface area contributed by atoms with E-state index < -0.39 is 6.16 Å². The van der Waals surface area contributed by atoms with Gasteiger partial charge in [-0.25, -0.2) is 4.79 Å². The quantitative estimate of drug-likeness (QED) is 0.193. The number of aryl methyl sites for hydroxylation is 1. The molecule has 0 aliphatic carbocycles. The number of ether oxygens (including phenoxy) is 1. The van der Waals surface area contributed by atoms with Gasteiger partial charge in [0, 0.05) is 35.6 Å². The molecule has 1 aliphatic heterocycles. The smallest absolute Gasteiger partial charge is 0.508 e. The highest BCUT2D eigenvalue weighted by molar-refractivity contribution is 5.85. The first kappa shape index (κ1) is 20.0. The Bertz CT molecular complexity index is 1040. The van der Waals surface area contributed by atoms with Gasteiger partial charge < -0.3 is 25.3 Å². The van der Waals surface area contributed by atoms with Crippen LogP contribution in [-0.2, 0) is 6.42 Å². The number of phenolic OH excluding ortho intramolecular Hbond substituents is 1. The van der Waals surface area contributed by atoms with Gasteiger partial charge in [-0.15, -0.1) is 0 Å². The number of phenols is 1. The van der Waals surface area contributed by atoms with E-state index in [1.165, 1.54) is 11.1 Å². The van der Waals surface area contributed by atoms with Gasteiger partial charge in [0.25, 0.3) is 0 Å². The molecule has 3 aromatic rings. The number of benzene rings is 2. The van der Waals surface area contributed by atoms with Crippen LogP contribution in [0.15, 0.2) is 60.8 Å². The Morgan fingerprint density at radius 1 is 1.13 bits per heavy atom. The minimum atomic E-state index is -1.30. The summed E-state index contributed by atoms with van der Waals surface area (Å²) in [5.74, 6) is 0.938. The molecule has 4 N–H and O–H groups in total. The average molecular weight is 406 g/mol. The highest BCUT2D eigenvalue weighted by Gasteiger charge is 2.22. The zero-order valence-electron chi connectivity index (χ0n) is 16.7. The van der Waals surface area contributed by atoms with Crippen molar-refractivity contribution in [3.05, 3.63) is 71.9 Å². The van der Waals surface area contributed by atoms with E-state index >= 15 is 0 Å². The van der Waals surface area contributed by atoms with E-state index in [9.17, 15) is 9.90 Å². The molecule has 156 valence electrons. The maximum Gasteiger partial charge on any atom is 0.511 e. The highest BCUT2D eigenvalue weighted by atomic mass is 16.7. The lowest BCUT2D eigenvalue weighted by atomic mass is 9.86. The molecule has 0 bridgehead atoms. The minimum absolute atomic E-state index is 0.290. The number of fused-ring (bicyclic) bond motifs is 1. The van der Waals surface area contributed by atoms with E-state index in [4.69, 9.17) is 9.84 Å². The lowest BCUT2D eigenvalue weighted by Gasteiger charge is -2.29. The van der Waals surface area contributed by atoms with Gasteiger partial charge in [-0.05, 0) is 60.7 Å². The second kappa shape index (κ2) is 9.05. The highest BCUT2D eigenvalue weighted by Crippen LogP contribution is 2.29. The Morgan fingerprint density at radius 3 is 2.77 bits per heavy atom. The van der Waals surface area contributed by atoms with Gasteiger partial charge in [-0.3, -0.25) is 0 Å². The Labute approximate surface area is 175 Å². The van der Waals surface area contributed by atoms with E-state index in [0.717, 1.165) is 43.1 Å². The normalized spacial score (nSPS) is 18.5. The number of hydrogen-bond acceptors (Lipinski definition) is 4. The number of aromatic hydroxyl groups is 1. The lowest BCUT2D eigenvalue weighted by Crippen LogP contribution is -2.37. The predicted octanol–water partition coefficient (Wildman–Crippen LogP) is 4.95. The molecule has 2 heterocycles. The first-order valence-corrected chi connectivity index (χ1v) is 10.3. The van der Waals surface area contributed by atoms with Gasteiger partial charge in [0.1, 0.15) is 11.5 Å². The van der Waals surface area contributed by atoms with Crippen molar-refractivity contribution in [1.29, 1.82) is 0 Å². The van der Waals surface area contributed by atoms with Gasteiger partial charge in [0.15, 0.2) is 0 Å². The van der Waals surface area contributed by atoms with Crippen molar-refractivity contribution in [3.8, 4) is 11.5 Å². The molecule has 30 heavy (non-hydrogen) atoms. The number of rotatable bonds is 7. The monoisotopic (exact) mass is 406 g/mol. The van der Waals surface area contributed by atoms with Crippen LogP contribution in [0.2, 0.25) is 0 Å². The van der Waals surface area contributed by atoms with E-state index in [1.807, 2.05) is 24.4 Å². The largest absolute Gasteiger partial charge is 0.511 e. The third kappa shape index (κ3) is 4.66. The number of carbonyl (C=O) groups is 1. The molecular weight excluding hydrogens is 380 g/mol. The Morgan fingerprint density at radius 2 is 1.97 bits per heavy atom. The second-order valence-electron chi connectivity index (χ2n) is 7.70. The lowest BCUT2D eigenvalue weighted by molar-refractivity contribution is 0.144. The molecule has 0 radical (unpaired) electrons. The van der Waals surface area contributed by atoms with Crippen LogP contribution in [0.25, 0.3) is 10.9 Å². The molecule has 1 aromatic heterocycles. The van der Waals surface area contributed by atoms with Crippen molar-refractivity contribution in [2.75, 3.05) is 6.54 Å². The molecule has 6 heteroatoms. The SMILES string of the molecule is O=C(O)Oc1ccc2[nH]cc(CCCCC3NCC=CC3c3ccc(O)cc3)c2c1. The topological polar surface area (TPSA) is 94.6 Å². The molecule has 0 fully saturated rings. The van der Waals surface area contributed by atoms with Gasteiger partial charge in [-0.1, -0.05) is 30.7 Å². The first-order valence-electron chi connectivity index (χ1n) is 10.3. The molecule has 4 rings (SSSR count). The summed E-state index contributed by atoms with van der Waals surface area (Å²) < 4.78 is 4.79. The van der Waals surface area contributed by atoms with Gasteiger partial charge >= 0.3 is 6.16 Å². The summed E-state index contributed by atoms with van der Waals surface area (Å²) in [6.07, 6.45) is 9.22. The van der Waals surface area contributed by atoms with Crippen molar-refractivity contribution in [2.45, 2.75) is 37.6 Å². The third-order valence-corrected chi connectivity index (χ3v) is 5.71. The fourth-order valence-electron chi connectivity index (χ4n) is 4.23. The number of unbranched alkanes of at least 4 members (excludes halogenated alkanes) is 1. The molecule has 1 aliphatic rings. The van der Waals surface area contributed by atoms with Crippen LogP contribution >= 0.6 is 0 Å². The van der Waals surface area contributed by atoms with Crippen molar-refractivity contribution >= 4 is 17.1 Å². The number of H-pyrrole nitrogens is 1. The molecule has 2 aromatic carbocycles. The first-order chi connectivity index (χ1) is 14.6. The van der Waals surface area contributed by atoms with Crippen molar-refractivity contribution in [2.24, 2.45) is 0 Å². The Kier molecular flexibility index (Phi) is 6.05. The number of hydrogen-bond donors (Lipinski definition) is 4. The molecular formula is C24H26N2O4. The predicted molar refractivity (Wildman–Crippen MR) is 116 cm³/mol. The van der Waals surface area contributed by atoms with Crippen LogP contribution in [0.1, 0.15) is 36.3 Å². The molecule has 0 saturated heterocycles. The van der Waals surface area contributed by atoms with E-state index in [2.05, 4.69) is 22.5 Å². The van der Waals surface area contributed by atoms with Gasteiger partial charge in [-0.2, -0.15) is 0 Å². The summed E-state index contributed by atoms with van der Waals surface area (Å²) in [4.78, 5) is 14.0. The zero-order valence-corrected chi connectivity index (χ0v) is 16.7. The fraction of sp³-hybridized carbons (Fsp3) is 0.292. The maximum atomic E-state index is 10.8. The third-order valence-electron chi connectivity index (χ3n) is 5.71. The van der Waals surface area contributed by atoms with E-state index in [0.29, 0.717) is 23.5 Å². The summed E-state index contributed by atoms with van der Waals surface area (Å²) in [5.41, 5.74) is 3.37. The van der Waals surface area contributed by atoms with Crippen LogP contribution in [-0.4, -0.2) is 33.9 Å². The Hall–Kier alpha value is -3.25. The van der Waals surface area contributed by atoms with Crippen molar-refractivity contribution in [3.63, 3.8) is 0 Å². The summed E-state index contributed by atoms with van der Waals surface area (Å²) in [7, 11) is 0. The van der Waals surface area contributed by atoms with E-state index in [1.54, 1.807) is 24.3 Å². The van der Waals surface area contributed by atoms with Crippen molar-refractivity contribution in [1.82, 2.24) is 10.3 Å². The minimum Gasteiger partial charge on any atom is -0.508 e. The number of aromatic amines is 1. The Balaban J connectivity index is 1.35. The summed E-state index contributed by atoms with van der Waals surface area (Å²) in [5, 5.41) is 23.0. The second-order valence-corrected chi connectivity index (χ2v) is 7.70. The van der Waals surface area contributed by atoms with Gasteiger partial charge in [0.05, 0.1) is 0 Å². The molecule has 6 nitrogen and oxygen atoms in total. The van der Waals surface area contributed by atoms with E-state index in [-0.39, 0.29) is 0 Å². The number of aromatic nitrogens is 1. The molecule has 2 unspecified atom stereocenters. The van der Waals surface area contributed by atoms with Crippen LogP contribution in [0.5, 0.6) is 11.5 Å². The fourth-order valence-corrected chi connectivity index (χ4v) is 4.23. The molecule has 0 amide bonds. The maximum absolute atomic E-state index is 10.8. The zero-order chi connectivity index (χ0) is 20.9. The van der Waals surface area contributed by atoms with Crippen molar-refractivity contribution < 1.29 is 19.7 Å². The number of nitrogens with one attached hydrogen (secondary N) is 2. The summed E-state index contributed by atoms with van der Waals surface area (Å²) >= 11 is 0. The summed E-state index contributed by atoms with van der Waals surface area (Å²) in [6, 6.07) is 13.1.